The molecule has 1 nitrogen and oxygen atoms in total. The molecule has 0 aromatic heterocycles. The van der Waals surface area contributed by atoms with Crippen molar-refractivity contribution in [2.75, 3.05) is 0 Å². The van der Waals surface area contributed by atoms with Crippen molar-refractivity contribution in [2.24, 2.45) is 5.92 Å². The van der Waals surface area contributed by atoms with Gasteiger partial charge in [-0.2, -0.15) is 0 Å². The van der Waals surface area contributed by atoms with Crippen molar-refractivity contribution in [3.8, 4) is 0 Å². The molecule has 0 amide bonds. The normalized spacial score (nSPS) is 27.8. The molecule has 0 bridgehead atoms. The van der Waals surface area contributed by atoms with Crippen LogP contribution in [0.2, 0.25) is 0 Å². The van der Waals surface area contributed by atoms with E-state index in [1.54, 1.807) is 11.8 Å². The second-order valence-electron chi connectivity index (χ2n) is 5.10. The third-order valence-electron chi connectivity index (χ3n) is 4.05. The van der Waals surface area contributed by atoms with Crippen molar-refractivity contribution in [3.63, 3.8) is 0 Å². The summed E-state index contributed by atoms with van der Waals surface area (Å²) in [6.45, 7) is 0. The molecule has 1 heterocycles. The molecule has 1 atom stereocenters. The van der Waals surface area contributed by atoms with Gasteiger partial charge >= 0.3 is 0 Å². The van der Waals surface area contributed by atoms with Crippen molar-refractivity contribution in [2.45, 2.75) is 31.2 Å². The Morgan fingerprint density at radius 3 is 2.58 bits per heavy atom. The van der Waals surface area contributed by atoms with Gasteiger partial charge < -0.3 is 5.32 Å². The Bertz CT molecular complexity index is 539. The summed E-state index contributed by atoms with van der Waals surface area (Å²) < 4.78 is 2.90. The molecule has 2 fully saturated rings. The van der Waals surface area contributed by atoms with Crippen LogP contribution in [-0.4, -0.2) is 8.52 Å². The summed E-state index contributed by atoms with van der Waals surface area (Å²) in [5.41, 5.74) is 1.00. The second-order valence-corrected chi connectivity index (χ2v) is 8.37. The van der Waals surface area contributed by atoms with Gasteiger partial charge in [0.05, 0.1) is 4.20 Å². The zero-order chi connectivity index (χ0) is 13.5. The molecule has 1 N–H and O–H groups in total. The van der Waals surface area contributed by atoms with Gasteiger partial charge in [0.15, 0.2) is 0 Å². The van der Waals surface area contributed by atoms with Crippen LogP contribution in [0.25, 0.3) is 0 Å². The highest BCUT2D eigenvalue weighted by Gasteiger charge is 2.50. The van der Waals surface area contributed by atoms with E-state index in [2.05, 4.69) is 45.5 Å². The molecular formula is C14H14BrNS3. The fraction of sp³-hybridized carbons (Fsp3) is 0.429. The predicted molar refractivity (Wildman–Crippen MR) is 93.7 cm³/mol. The van der Waals surface area contributed by atoms with E-state index in [1.807, 2.05) is 0 Å². The van der Waals surface area contributed by atoms with E-state index in [0.29, 0.717) is 5.92 Å². The van der Waals surface area contributed by atoms with Crippen molar-refractivity contribution in [1.82, 2.24) is 5.32 Å². The predicted octanol–water partition coefficient (Wildman–Crippen LogP) is 4.78. The van der Waals surface area contributed by atoms with Gasteiger partial charge in [0.2, 0.25) is 0 Å². The average Bonchev–Trinajstić information content (AvgIpc) is 2.97. The van der Waals surface area contributed by atoms with E-state index in [1.165, 1.54) is 31.2 Å². The molecular weight excluding hydrogens is 358 g/mol. The van der Waals surface area contributed by atoms with Crippen molar-refractivity contribution < 1.29 is 0 Å². The smallest absolute Gasteiger partial charge is 0.140 e. The van der Waals surface area contributed by atoms with Crippen molar-refractivity contribution in [1.29, 1.82) is 0 Å². The minimum atomic E-state index is -0.239. The zero-order valence-electron chi connectivity index (χ0n) is 10.3. The molecule has 1 aliphatic heterocycles. The number of benzene rings is 1. The molecule has 3 rings (SSSR count). The Morgan fingerprint density at radius 1 is 1.26 bits per heavy atom. The summed E-state index contributed by atoms with van der Waals surface area (Å²) in [6, 6.07) is 8.46. The lowest BCUT2D eigenvalue weighted by atomic mass is 9.78. The van der Waals surface area contributed by atoms with Gasteiger partial charge in [0.25, 0.3) is 0 Å². The molecule has 1 saturated carbocycles. The van der Waals surface area contributed by atoms with Crippen LogP contribution < -0.4 is 5.32 Å². The lowest BCUT2D eigenvalue weighted by Gasteiger charge is -2.36. The fourth-order valence-corrected chi connectivity index (χ4v) is 5.62. The van der Waals surface area contributed by atoms with E-state index in [0.717, 1.165) is 13.0 Å². The third kappa shape index (κ3) is 2.39. The van der Waals surface area contributed by atoms with Gasteiger partial charge in [-0.25, -0.2) is 0 Å². The second kappa shape index (κ2) is 5.43. The zero-order valence-corrected chi connectivity index (χ0v) is 14.4. The topological polar surface area (TPSA) is 12.0 Å². The van der Waals surface area contributed by atoms with Crippen molar-refractivity contribution >= 4 is 60.6 Å². The van der Waals surface area contributed by atoms with Crippen molar-refractivity contribution in [3.05, 3.63) is 34.3 Å². The first kappa shape index (κ1) is 14.0. The van der Waals surface area contributed by atoms with E-state index < -0.39 is 0 Å². The van der Waals surface area contributed by atoms with Gasteiger partial charge in [0.1, 0.15) is 9.86 Å². The summed E-state index contributed by atoms with van der Waals surface area (Å²) >= 11 is 16.2. The lowest BCUT2D eigenvalue weighted by Crippen LogP contribution is -2.48. The molecule has 0 spiro atoms. The molecule has 1 aromatic rings. The number of hydrogen-bond acceptors (Lipinski definition) is 3. The monoisotopic (exact) mass is 371 g/mol. The Balaban J connectivity index is 2.11. The SMILES string of the molecule is S=C1NC(c2cccc(Br)c2)(C2CCCC2)C(=S)S1. The van der Waals surface area contributed by atoms with Crippen LogP contribution >= 0.6 is 52.1 Å². The quantitative estimate of drug-likeness (QED) is 0.749. The molecule has 2 aliphatic rings. The number of rotatable bonds is 2. The highest BCUT2D eigenvalue weighted by molar-refractivity contribution is 9.10. The Kier molecular flexibility index (Phi) is 4.00. The molecule has 19 heavy (non-hydrogen) atoms. The Labute approximate surface area is 137 Å². The maximum absolute atomic E-state index is 5.69. The van der Waals surface area contributed by atoms with Crippen LogP contribution in [-0.2, 0) is 5.54 Å². The van der Waals surface area contributed by atoms with Gasteiger partial charge in [-0.05, 0) is 36.5 Å². The van der Waals surface area contributed by atoms with Crippen LogP contribution in [0.4, 0.5) is 0 Å². The largest absolute Gasteiger partial charge is 0.356 e. The number of thioether (sulfide) groups is 1. The average molecular weight is 372 g/mol. The Morgan fingerprint density at radius 2 is 2.00 bits per heavy atom. The number of hydrogen-bond donors (Lipinski definition) is 1. The van der Waals surface area contributed by atoms with Gasteiger partial charge in [-0.1, -0.05) is 77.1 Å². The van der Waals surface area contributed by atoms with Crippen LogP contribution in [0.5, 0.6) is 0 Å². The van der Waals surface area contributed by atoms with Gasteiger partial charge in [-0.3, -0.25) is 0 Å². The van der Waals surface area contributed by atoms with E-state index >= 15 is 0 Å². The standard InChI is InChI=1S/C14H14BrNS3/c15-11-7-3-6-10(8-11)14(9-4-1-2-5-9)12(17)19-13(18)16-14/h3,6-9H,1-2,4-5H2,(H,16,18). The minimum absolute atomic E-state index is 0.239. The van der Waals surface area contributed by atoms with Crippen LogP contribution in [0.15, 0.2) is 28.7 Å². The molecule has 0 radical (unpaired) electrons. The first-order chi connectivity index (χ1) is 9.13. The van der Waals surface area contributed by atoms with Crippen LogP contribution in [0.1, 0.15) is 31.2 Å². The molecule has 5 heteroatoms. The third-order valence-corrected chi connectivity index (χ3v) is 6.27. The summed E-state index contributed by atoms with van der Waals surface area (Å²) in [6.07, 6.45) is 5.04. The Hall–Kier alpha value is 0.0300. The number of nitrogens with one attached hydrogen (secondary N) is 1. The molecule has 1 saturated heterocycles. The molecule has 1 aliphatic carbocycles. The lowest BCUT2D eigenvalue weighted by molar-refractivity contribution is 0.352. The van der Waals surface area contributed by atoms with Crippen LogP contribution in [0.3, 0.4) is 0 Å². The highest BCUT2D eigenvalue weighted by atomic mass is 79.9. The first-order valence-corrected chi connectivity index (χ1v) is 8.86. The molecule has 1 unspecified atom stereocenters. The van der Waals surface area contributed by atoms with E-state index in [9.17, 15) is 0 Å². The molecule has 1 aromatic carbocycles. The summed E-state index contributed by atoms with van der Waals surface area (Å²) in [5.74, 6) is 0.558. The maximum atomic E-state index is 5.69. The van der Waals surface area contributed by atoms with Gasteiger partial charge in [0, 0.05) is 4.47 Å². The van der Waals surface area contributed by atoms with E-state index in [4.69, 9.17) is 24.4 Å². The first-order valence-electron chi connectivity index (χ1n) is 6.43. The highest BCUT2D eigenvalue weighted by Crippen LogP contribution is 2.48. The summed E-state index contributed by atoms with van der Waals surface area (Å²) in [5, 5.41) is 3.53. The number of thiocarbonyl (C=S) groups is 2. The number of halogens is 1. The minimum Gasteiger partial charge on any atom is -0.356 e. The van der Waals surface area contributed by atoms with Crippen LogP contribution in [0, 0.1) is 5.92 Å². The maximum Gasteiger partial charge on any atom is 0.140 e. The fourth-order valence-electron chi connectivity index (χ4n) is 3.19. The summed E-state index contributed by atoms with van der Waals surface area (Å²) in [4.78, 5) is 0. The van der Waals surface area contributed by atoms with E-state index in [-0.39, 0.29) is 5.54 Å². The van der Waals surface area contributed by atoms with Gasteiger partial charge in [-0.15, -0.1) is 0 Å². The summed E-state index contributed by atoms with van der Waals surface area (Å²) in [7, 11) is 0. The molecule has 100 valence electrons.